The second-order valence-corrected chi connectivity index (χ2v) is 7.57. The predicted molar refractivity (Wildman–Crippen MR) is 111 cm³/mol. The van der Waals surface area contributed by atoms with Gasteiger partial charge in [-0.05, 0) is 49.6 Å². The Labute approximate surface area is 165 Å². The molecule has 1 aliphatic heterocycles. The number of allylic oxidation sites excluding steroid dienone is 1. The van der Waals surface area contributed by atoms with Gasteiger partial charge in [0, 0.05) is 37.3 Å². The van der Waals surface area contributed by atoms with E-state index in [0.717, 1.165) is 22.4 Å². The van der Waals surface area contributed by atoms with E-state index in [-0.39, 0.29) is 5.91 Å². The second-order valence-electron chi connectivity index (χ2n) is 7.57. The standard InChI is InChI=1S/C22H26N4O2/c1-14-10-15(18(11-24-4)20(23)22(2,3)28)7-8-16(14)12-26-13-19-17(21(26)27)6-5-9-25-19/h5-11,28H,12-13,23H2,1-4H3/b20-18+,24-11?. The van der Waals surface area contributed by atoms with E-state index in [1.54, 1.807) is 44.3 Å². The topological polar surface area (TPSA) is 91.8 Å². The maximum atomic E-state index is 12.6. The molecular formula is C22H26N4O2. The summed E-state index contributed by atoms with van der Waals surface area (Å²) < 4.78 is 0. The average Bonchev–Trinajstić information content (AvgIpc) is 2.96. The summed E-state index contributed by atoms with van der Waals surface area (Å²) in [6.45, 7) is 6.35. The van der Waals surface area contributed by atoms with E-state index >= 15 is 0 Å². The Morgan fingerprint density at radius 1 is 1.39 bits per heavy atom. The Morgan fingerprint density at radius 3 is 2.75 bits per heavy atom. The molecule has 6 heteroatoms. The molecule has 0 bridgehead atoms. The average molecular weight is 378 g/mol. The van der Waals surface area contributed by atoms with Gasteiger partial charge in [-0.3, -0.25) is 14.8 Å². The quantitative estimate of drug-likeness (QED) is 0.783. The smallest absolute Gasteiger partial charge is 0.256 e. The van der Waals surface area contributed by atoms with Crippen LogP contribution in [0.3, 0.4) is 0 Å². The molecular weight excluding hydrogens is 352 g/mol. The summed E-state index contributed by atoms with van der Waals surface area (Å²) in [6, 6.07) is 9.56. The maximum Gasteiger partial charge on any atom is 0.256 e. The molecule has 0 saturated heterocycles. The molecule has 1 aliphatic rings. The fraction of sp³-hybridized carbons (Fsp3) is 0.318. The van der Waals surface area contributed by atoms with Crippen LogP contribution in [0.25, 0.3) is 5.57 Å². The maximum absolute atomic E-state index is 12.6. The fourth-order valence-electron chi connectivity index (χ4n) is 3.31. The number of amides is 1. The minimum Gasteiger partial charge on any atom is -0.399 e. The van der Waals surface area contributed by atoms with Gasteiger partial charge in [-0.2, -0.15) is 0 Å². The highest BCUT2D eigenvalue weighted by molar-refractivity contribution is 6.11. The van der Waals surface area contributed by atoms with Crippen LogP contribution in [-0.2, 0) is 13.1 Å². The third-order valence-electron chi connectivity index (χ3n) is 4.97. The molecule has 1 aromatic carbocycles. The first-order chi connectivity index (χ1) is 13.2. The van der Waals surface area contributed by atoms with Crippen LogP contribution in [0.15, 0.2) is 47.2 Å². The number of aryl methyl sites for hydroxylation is 1. The summed E-state index contributed by atoms with van der Waals surface area (Å²) >= 11 is 0. The first-order valence-corrected chi connectivity index (χ1v) is 9.20. The molecule has 3 N–H and O–H groups in total. The molecule has 6 nitrogen and oxygen atoms in total. The predicted octanol–water partition coefficient (Wildman–Crippen LogP) is 2.69. The van der Waals surface area contributed by atoms with Crippen molar-refractivity contribution < 1.29 is 9.90 Å². The zero-order chi connectivity index (χ0) is 20.5. The van der Waals surface area contributed by atoms with E-state index in [2.05, 4.69) is 9.98 Å². The van der Waals surface area contributed by atoms with E-state index in [1.165, 1.54) is 0 Å². The van der Waals surface area contributed by atoms with E-state index in [0.29, 0.717) is 29.9 Å². The van der Waals surface area contributed by atoms with Gasteiger partial charge >= 0.3 is 0 Å². The van der Waals surface area contributed by atoms with Crippen molar-refractivity contribution in [1.82, 2.24) is 9.88 Å². The number of hydrogen-bond donors (Lipinski definition) is 2. The molecule has 2 heterocycles. The van der Waals surface area contributed by atoms with Crippen molar-refractivity contribution in [2.45, 2.75) is 39.5 Å². The number of nitrogens with zero attached hydrogens (tertiary/aromatic N) is 3. The zero-order valence-corrected chi connectivity index (χ0v) is 16.7. The van der Waals surface area contributed by atoms with Crippen molar-refractivity contribution in [3.8, 4) is 0 Å². The van der Waals surface area contributed by atoms with Crippen LogP contribution in [0, 0.1) is 6.92 Å². The number of aliphatic imine (C=N–C) groups is 1. The Hall–Kier alpha value is -2.99. The van der Waals surface area contributed by atoms with Crippen molar-refractivity contribution in [1.29, 1.82) is 0 Å². The third-order valence-corrected chi connectivity index (χ3v) is 4.97. The van der Waals surface area contributed by atoms with Gasteiger partial charge in [0.15, 0.2) is 0 Å². The lowest BCUT2D eigenvalue weighted by Crippen LogP contribution is -2.29. The van der Waals surface area contributed by atoms with Crippen LogP contribution in [0.2, 0.25) is 0 Å². The van der Waals surface area contributed by atoms with Crippen molar-refractivity contribution in [3.05, 3.63) is 70.2 Å². The van der Waals surface area contributed by atoms with Crippen LogP contribution < -0.4 is 5.73 Å². The number of carbonyl (C=O) groups excluding carboxylic acids is 1. The largest absolute Gasteiger partial charge is 0.399 e. The van der Waals surface area contributed by atoms with E-state index in [4.69, 9.17) is 5.73 Å². The monoisotopic (exact) mass is 378 g/mol. The number of fused-ring (bicyclic) bond motifs is 1. The third kappa shape index (κ3) is 3.82. The lowest BCUT2D eigenvalue weighted by Gasteiger charge is -2.22. The zero-order valence-electron chi connectivity index (χ0n) is 16.7. The normalized spacial score (nSPS) is 15.2. The summed E-state index contributed by atoms with van der Waals surface area (Å²) in [5, 5.41) is 10.3. The van der Waals surface area contributed by atoms with Crippen molar-refractivity contribution in [3.63, 3.8) is 0 Å². The Balaban J connectivity index is 1.88. The van der Waals surface area contributed by atoms with Gasteiger partial charge in [0.25, 0.3) is 5.91 Å². The Bertz CT molecular complexity index is 971. The fourth-order valence-corrected chi connectivity index (χ4v) is 3.31. The van der Waals surface area contributed by atoms with Crippen LogP contribution in [0.4, 0.5) is 0 Å². The highest BCUT2D eigenvalue weighted by Crippen LogP contribution is 2.27. The number of rotatable bonds is 5. The first kappa shape index (κ1) is 19.8. The minimum absolute atomic E-state index is 0.0107. The number of hydrogen-bond acceptors (Lipinski definition) is 5. The number of carbonyl (C=O) groups is 1. The van der Waals surface area contributed by atoms with Crippen LogP contribution in [0.1, 0.15) is 46.6 Å². The van der Waals surface area contributed by atoms with Crippen molar-refractivity contribution >= 4 is 17.7 Å². The lowest BCUT2D eigenvalue weighted by atomic mass is 9.93. The lowest BCUT2D eigenvalue weighted by molar-refractivity contribution is 0.0766. The van der Waals surface area contributed by atoms with E-state index in [9.17, 15) is 9.90 Å². The number of aliphatic hydroxyl groups is 1. The Kier molecular flexibility index (Phi) is 5.34. The van der Waals surface area contributed by atoms with Gasteiger partial charge in [-0.15, -0.1) is 0 Å². The van der Waals surface area contributed by atoms with Gasteiger partial charge in [-0.25, -0.2) is 0 Å². The first-order valence-electron chi connectivity index (χ1n) is 9.20. The Morgan fingerprint density at radius 2 is 2.14 bits per heavy atom. The number of nitrogens with two attached hydrogens (primary N) is 1. The molecule has 3 rings (SSSR count). The molecule has 146 valence electrons. The highest BCUT2D eigenvalue weighted by Gasteiger charge is 2.28. The van der Waals surface area contributed by atoms with Crippen LogP contribution in [-0.4, -0.2) is 39.8 Å². The molecule has 1 amide bonds. The van der Waals surface area contributed by atoms with Crippen molar-refractivity contribution in [2.24, 2.45) is 10.7 Å². The van der Waals surface area contributed by atoms with Gasteiger partial charge in [0.05, 0.1) is 23.4 Å². The molecule has 0 saturated carbocycles. The van der Waals surface area contributed by atoms with E-state index < -0.39 is 5.60 Å². The van der Waals surface area contributed by atoms with Gasteiger partial charge < -0.3 is 15.7 Å². The molecule has 0 unspecified atom stereocenters. The minimum atomic E-state index is -1.15. The number of benzene rings is 1. The summed E-state index contributed by atoms with van der Waals surface area (Å²) in [7, 11) is 1.67. The summed E-state index contributed by atoms with van der Waals surface area (Å²) in [6.07, 6.45) is 3.37. The van der Waals surface area contributed by atoms with Crippen LogP contribution >= 0.6 is 0 Å². The highest BCUT2D eigenvalue weighted by atomic mass is 16.3. The van der Waals surface area contributed by atoms with Gasteiger partial charge in [0.2, 0.25) is 0 Å². The SMILES string of the molecule is CN=C/C(=C(\N)C(C)(C)O)c1ccc(CN2Cc3ncccc3C2=O)c(C)c1. The molecule has 0 fully saturated rings. The summed E-state index contributed by atoms with van der Waals surface area (Å²) in [5.41, 5.74) is 10.6. The molecule has 28 heavy (non-hydrogen) atoms. The van der Waals surface area contributed by atoms with Gasteiger partial charge in [-0.1, -0.05) is 18.2 Å². The summed E-state index contributed by atoms with van der Waals surface area (Å²) in [4.78, 5) is 22.8. The summed E-state index contributed by atoms with van der Waals surface area (Å²) in [5.74, 6) is 0.0107. The molecule has 0 aliphatic carbocycles. The van der Waals surface area contributed by atoms with Gasteiger partial charge in [0.1, 0.15) is 0 Å². The van der Waals surface area contributed by atoms with Crippen LogP contribution in [0.5, 0.6) is 0 Å². The molecule has 0 atom stereocenters. The number of pyridine rings is 1. The molecule has 0 spiro atoms. The van der Waals surface area contributed by atoms with E-state index in [1.807, 2.05) is 31.2 Å². The molecule has 1 aromatic heterocycles. The molecule has 2 aromatic rings. The molecule has 0 radical (unpaired) electrons. The second kappa shape index (κ2) is 7.56. The van der Waals surface area contributed by atoms with Crippen molar-refractivity contribution in [2.75, 3.05) is 7.05 Å². The number of aromatic nitrogens is 1.